The largest absolute Gasteiger partial charge is 0.378 e. The quantitative estimate of drug-likeness (QED) is 0.604. The molecule has 2 unspecified atom stereocenters. The standard InChI is InChI=1S/C11H20N2O3.C3H8O2/c12-9-1-2-10(7-9)16-8-11(14)13-3-5-15-6-4-13;1-3(2,4)5/h9-10H,1-8,12H2;4-5H,1-2H3. The molecule has 0 aromatic carbocycles. The van der Waals surface area contributed by atoms with Crippen molar-refractivity contribution in [3.05, 3.63) is 0 Å². The first-order chi connectivity index (χ1) is 9.75. The average molecular weight is 304 g/mol. The first kappa shape index (κ1) is 18.3. The molecule has 1 saturated heterocycles. The van der Waals surface area contributed by atoms with E-state index in [0.717, 1.165) is 19.3 Å². The second-order valence-corrected chi connectivity index (χ2v) is 5.99. The van der Waals surface area contributed by atoms with E-state index in [1.807, 2.05) is 0 Å². The Morgan fingerprint density at radius 3 is 2.38 bits per heavy atom. The van der Waals surface area contributed by atoms with Crippen molar-refractivity contribution in [3.8, 4) is 0 Å². The molecule has 1 aliphatic heterocycles. The van der Waals surface area contributed by atoms with Crippen LogP contribution in [-0.4, -0.2) is 71.9 Å². The van der Waals surface area contributed by atoms with E-state index in [1.54, 1.807) is 4.90 Å². The first-order valence-electron chi connectivity index (χ1n) is 7.43. The zero-order valence-corrected chi connectivity index (χ0v) is 13.0. The number of carbonyl (C=O) groups is 1. The van der Waals surface area contributed by atoms with Gasteiger partial charge in [0.2, 0.25) is 5.91 Å². The summed E-state index contributed by atoms with van der Waals surface area (Å²) in [4.78, 5) is 13.6. The summed E-state index contributed by atoms with van der Waals surface area (Å²) >= 11 is 0. The topological polar surface area (TPSA) is 105 Å². The fraction of sp³-hybridized carbons (Fsp3) is 0.929. The molecule has 0 aromatic rings. The summed E-state index contributed by atoms with van der Waals surface area (Å²) in [5.74, 6) is -1.43. The Morgan fingerprint density at radius 2 is 1.90 bits per heavy atom. The molecule has 0 radical (unpaired) electrons. The fourth-order valence-electron chi connectivity index (χ4n) is 2.22. The minimum atomic E-state index is -1.50. The third-order valence-electron chi connectivity index (χ3n) is 3.23. The van der Waals surface area contributed by atoms with Gasteiger partial charge in [0.15, 0.2) is 5.79 Å². The van der Waals surface area contributed by atoms with Gasteiger partial charge in [0, 0.05) is 19.1 Å². The lowest BCUT2D eigenvalue weighted by molar-refractivity contribution is -0.142. The molecule has 1 saturated carbocycles. The normalized spacial score (nSPS) is 26.2. The molecular weight excluding hydrogens is 276 g/mol. The number of nitrogens with two attached hydrogens (primary N) is 1. The van der Waals surface area contributed by atoms with Crippen LogP contribution >= 0.6 is 0 Å². The van der Waals surface area contributed by atoms with Gasteiger partial charge in [0.05, 0.1) is 19.3 Å². The van der Waals surface area contributed by atoms with Crippen molar-refractivity contribution in [3.63, 3.8) is 0 Å². The zero-order chi connectivity index (χ0) is 15.9. The maximum atomic E-state index is 11.8. The van der Waals surface area contributed by atoms with E-state index in [-0.39, 0.29) is 24.7 Å². The Kier molecular flexibility index (Phi) is 7.55. The smallest absolute Gasteiger partial charge is 0.248 e. The third kappa shape index (κ3) is 9.00. The summed E-state index contributed by atoms with van der Waals surface area (Å²) in [5, 5.41) is 16.2. The molecule has 124 valence electrons. The van der Waals surface area contributed by atoms with Gasteiger partial charge in [0.25, 0.3) is 0 Å². The first-order valence-corrected chi connectivity index (χ1v) is 7.43. The van der Waals surface area contributed by atoms with Crippen molar-refractivity contribution in [2.75, 3.05) is 32.9 Å². The molecule has 4 N–H and O–H groups in total. The predicted octanol–water partition coefficient (Wildman–Crippen LogP) is -0.551. The highest BCUT2D eigenvalue weighted by Crippen LogP contribution is 2.20. The van der Waals surface area contributed by atoms with Gasteiger partial charge in [-0.1, -0.05) is 0 Å². The molecule has 1 aliphatic carbocycles. The minimum absolute atomic E-state index is 0.0729. The van der Waals surface area contributed by atoms with Crippen LogP contribution in [0.3, 0.4) is 0 Å². The SMILES string of the molecule is CC(C)(O)O.NC1CCC(OCC(=O)N2CCOCC2)C1. The molecule has 0 bridgehead atoms. The van der Waals surface area contributed by atoms with E-state index in [4.69, 9.17) is 25.4 Å². The zero-order valence-electron chi connectivity index (χ0n) is 13.0. The van der Waals surface area contributed by atoms with Crippen molar-refractivity contribution in [1.82, 2.24) is 4.90 Å². The lowest BCUT2D eigenvalue weighted by Crippen LogP contribution is -2.42. The number of carbonyl (C=O) groups excluding carboxylic acids is 1. The molecule has 1 amide bonds. The van der Waals surface area contributed by atoms with Crippen molar-refractivity contribution in [2.45, 2.75) is 51.0 Å². The van der Waals surface area contributed by atoms with Crippen LogP contribution in [0.2, 0.25) is 0 Å². The van der Waals surface area contributed by atoms with Gasteiger partial charge in [-0.15, -0.1) is 0 Å². The predicted molar refractivity (Wildman–Crippen MR) is 77.5 cm³/mol. The van der Waals surface area contributed by atoms with Gasteiger partial charge in [0.1, 0.15) is 6.61 Å². The number of amides is 1. The fourth-order valence-corrected chi connectivity index (χ4v) is 2.22. The van der Waals surface area contributed by atoms with Gasteiger partial charge in [-0.3, -0.25) is 4.79 Å². The van der Waals surface area contributed by atoms with E-state index in [0.29, 0.717) is 26.3 Å². The van der Waals surface area contributed by atoms with Gasteiger partial charge < -0.3 is 30.3 Å². The molecule has 2 aliphatic rings. The highest BCUT2D eigenvalue weighted by Gasteiger charge is 2.24. The van der Waals surface area contributed by atoms with Gasteiger partial charge in [-0.2, -0.15) is 0 Å². The van der Waals surface area contributed by atoms with Crippen LogP contribution in [0.25, 0.3) is 0 Å². The minimum Gasteiger partial charge on any atom is -0.378 e. The summed E-state index contributed by atoms with van der Waals surface area (Å²) in [6.07, 6.45) is 3.06. The number of ether oxygens (including phenoxy) is 2. The Labute approximate surface area is 126 Å². The molecule has 1 heterocycles. The molecule has 0 aromatic heterocycles. The molecule has 2 fully saturated rings. The van der Waals surface area contributed by atoms with Crippen molar-refractivity contribution in [1.29, 1.82) is 0 Å². The average Bonchev–Trinajstić information content (AvgIpc) is 2.81. The van der Waals surface area contributed by atoms with Crippen molar-refractivity contribution >= 4 is 5.91 Å². The van der Waals surface area contributed by atoms with E-state index in [2.05, 4.69) is 0 Å². The van der Waals surface area contributed by atoms with Crippen LogP contribution in [0.5, 0.6) is 0 Å². The van der Waals surface area contributed by atoms with Crippen LogP contribution in [0.4, 0.5) is 0 Å². The summed E-state index contributed by atoms with van der Waals surface area (Å²) in [6, 6.07) is 0.253. The van der Waals surface area contributed by atoms with E-state index >= 15 is 0 Å². The maximum Gasteiger partial charge on any atom is 0.248 e. The van der Waals surface area contributed by atoms with Crippen LogP contribution in [0, 0.1) is 0 Å². The van der Waals surface area contributed by atoms with E-state index in [1.165, 1.54) is 13.8 Å². The number of nitrogens with zero attached hydrogens (tertiary/aromatic N) is 1. The van der Waals surface area contributed by atoms with E-state index < -0.39 is 5.79 Å². The van der Waals surface area contributed by atoms with Gasteiger partial charge >= 0.3 is 0 Å². The lowest BCUT2D eigenvalue weighted by Gasteiger charge is -2.27. The summed E-state index contributed by atoms with van der Waals surface area (Å²) < 4.78 is 10.8. The van der Waals surface area contributed by atoms with Crippen LogP contribution < -0.4 is 5.73 Å². The second-order valence-electron chi connectivity index (χ2n) is 5.99. The summed E-state index contributed by atoms with van der Waals surface area (Å²) in [7, 11) is 0. The maximum absolute atomic E-state index is 11.8. The molecule has 2 atom stereocenters. The Bertz CT molecular complexity index is 307. The third-order valence-corrected chi connectivity index (χ3v) is 3.23. The number of hydrogen-bond acceptors (Lipinski definition) is 6. The van der Waals surface area contributed by atoms with Crippen molar-refractivity contribution in [2.24, 2.45) is 5.73 Å². The number of rotatable bonds is 3. The highest BCUT2D eigenvalue weighted by molar-refractivity contribution is 5.77. The van der Waals surface area contributed by atoms with Gasteiger partial charge in [-0.05, 0) is 33.1 Å². The van der Waals surface area contributed by atoms with E-state index in [9.17, 15) is 4.79 Å². The Hall–Kier alpha value is -0.730. The van der Waals surface area contributed by atoms with Gasteiger partial charge in [-0.25, -0.2) is 0 Å². The Morgan fingerprint density at radius 1 is 1.33 bits per heavy atom. The molecule has 7 nitrogen and oxygen atoms in total. The summed E-state index contributed by atoms with van der Waals surface area (Å²) in [5.41, 5.74) is 5.78. The summed E-state index contributed by atoms with van der Waals surface area (Å²) in [6.45, 7) is 5.44. The lowest BCUT2D eigenvalue weighted by atomic mass is 10.3. The molecule has 0 spiro atoms. The molecule has 2 rings (SSSR count). The van der Waals surface area contributed by atoms with Crippen LogP contribution in [0.15, 0.2) is 0 Å². The van der Waals surface area contributed by atoms with Crippen LogP contribution in [0.1, 0.15) is 33.1 Å². The monoisotopic (exact) mass is 304 g/mol. The second kappa shape index (κ2) is 8.65. The van der Waals surface area contributed by atoms with Crippen LogP contribution in [-0.2, 0) is 14.3 Å². The molecular formula is C14H28N2O5. The Balaban J connectivity index is 0.000000383. The van der Waals surface area contributed by atoms with Crippen molar-refractivity contribution < 1.29 is 24.5 Å². The highest BCUT2D eigenvalue weighted by atomic mass is 16.5. The molecule has 21 heavy (non-hydrogen) atoms. The number of hydrogen-bond donors (Lipinski definition) is 3. The number of morpholine rings is 1. The number of aliphatic hydroxyl groups is 2. The molecule has 7 heteroatoms.